The van der Waals surface area contributed by atoms with E-state index in [1.165, 1.54) is 17.9 Å². The molecule has 0 N–H and O–H groups in total. The Hall–Kier alpha value is -2.63. The minimum Gasteiger partial charge on any atom is -0.539 e. The lowest BCUT2D eigenvalue weighted by Crippen LogP contribution is -2.35. The number of ether oxygens (including phenoxy) is 1. The fraction of sp³-hybridized carbons (Fsp3) is 0.154. The summed E-state index contributed by atoms with van der Waals surface area (Å²) in [5.41, 5.74) is 1.90. The van der Waals surface area contributed by atoms with Gasteiger partial charge in [-0.3, -0.25) is 0 Å². The Bertz CT molecular complexity index is 614. The Morgan fingerprint density at radius 1 is 1.42 bits per heavy atom. The van der Waals surface area contributed by atoms with Crippen LogP contribution in [0, 0.1) is 6.92 Å². The Morgan fingerprint density at radius 3 is 2.74 bits per heavy atom. The van der Waals surface area contributed by atoms with Crippen molar-refractivity contribution in [3.05, 3.63) is 41.6 Å². The second kappa shape index (κ2) is 5.34. The van der Waals surface area contributed by atoms with Crippen LogP contribution in [0.1, 0.15) is 11.3 Å². The molecule has 6 nitrogen and oxygen atoms in total. The monoisotopic (exact) mass is 260 g/mol. The lowest BCUT2D eigenvalue weighted by atomic mass is 10.2. The summed E-state index contributed by atoms with van der Waals surface area (Å²) in [7, 11) is 1.26. The molecule has 0 saturated carbocycles. The van der Waals surface area contributed by atoms with Crippen molar-refractivity contribution < 1.29 is 23.8 Å². The van der Waals surface area contributed by atoms with Gasteiger partial charge in [-0.15, -0.1) is 0 Å². The zero-order valence-corrected chi connectivity index (χ0v) is 10.5. The summed E-state index contributed by atoms with van der Waals surface area (Å²) in [4.78, 5) is 11.0. The summed E-state index contributed by atoms with van der Waals surface area (Å²) in [5, 5.41) is 15.2. The Labute approximate surface area is 109 Å². The molecule has 6 heteroatoms. The molecule has 19 heavy (non-hydrogen) atoms. The van der Waals surface area contributed by atoms with Gasteiger partial charge in [-0.2, -0.15) is 0 Å². The summed E-state index contributed by atoms with van der Waals surface area (Å²) in [5.74, 6) is -1.18. The summed E-state index contributed by atoms with van der Waals surface area (Å²) in [6, 6.07) is 7.37. The normalized spacial score (nSPS) is 10.8. The molecule has 0 bridgehead atoms. The van der Waals surface area contributed by atoms with Gasteiger partial charge in [-0.05, 0) is 11.6 Å². The Kier molecular flexibility index (Phi) is 3.61. The van der Waals surface area contributed by atoms with Crippen LogP contribution in [-0.4, -0.2) is 18.4 Å². The predicted octanol–water partition coefficient (Wildman–Crippen LogP) is 0.520. The highest BCUT2D eigenvalue weighted by molar-refractivity contribution is 5.86. The van der Waals surface area contributed by atoms with Crippen molar-refractivity contribution in [2.24, 2.45) is 0 Å². The van der Waals surface area contributed by atoms with E-state index < -0.39 is 11.9 Å². The maximum Gasteiger partial charge on any atom is 0.330 e. The van der Waals surface area contributed by atoms with E-state index in [9.17, 15) is 9.90 Å². The molecule has 1 aromatic heterocycles. The number of carbonyl (C=O) groups is 1. The molecule has 2 aromatic rings. The average Bonchev–Trinajstić information content (AvgIpc) is 2.78. The highest BCUT2D eigenvalue weighted by atomic mass is 16.6. The number of methoxy groups -OCH3 is 1. The first-order chi connectivity index (χ1) is 9.11. The number of nitrogens with zero attached hydrogens (tertiary/aromatic N) is 2. The maximum atomic E-state index is 11.5. The van der Waals surface area contributed by atoms with E-state index in [0.29, 0.717) is 5.69 Å². The van der Waals surface area contributed by atoms with E-state index >= 15 is 0 Å². The summed E-state index contributed by atoms with van der Waals surface area (Å²) < 4.78 is 10.4. The van der Waals surface area contributed by atoms with E-state index in [4.69, 9.17) is 0 Å². The molecule has 0 radical (unpaired) electrons. The summed E-state index contributed by atoms with van der Waals surface area (Å²) in [6.45, 7) is 1.95. The largest absolute Gasteiger partial charge is 0.539 e. The van der Waals surface area contributed by atoms with Crippen LogP contribution in [0.5, 0.6) is 5.95 Å². The second-order valence-corrected chi connectivity index (χ2v) is 3.85. The van der Waals surface area contributed by atoms with E-state index in [-0.39, 0.29) is 5.69 Å². The molecule has 0 aliphatic heterocycles. The number of benzene rings is 1. The third-order valence-corrected chi connectivity index (χ3v) is 2.50. The molecule has 0 amide bonds. The summed E-state index contributed by atoms with van der Waals surface area (Å²) >= 11 is 0. The molecular weight excluding hydrogens is 248 g/mol. The van der Waals surface area contributed by atoms with Crippen molar-refractivity contribution in [1.29, 1.82) is 0 Å². The van der Waals surface area contributed by atoms with Gasteiger partial charge in [0.15, 0.2) is 5.95 Å². The number of aromatic nitrogens is 2. The van der Waals surface area contributed by atoms with Crippen molar-refractivity contribution in [3.8, 4) is 11.6 Å². The lowest BCUT2D eigenvalue weighted by molar-refractivity contribution is -0.672. The lowest BCUT2D eigenvalue weighted by Gasteiger charge is -1.94. The van der Waals surface area contributed by atoms with Gasteiger partial charge in [-0.25, -0.2) is 4.79 Å². The fourth-order valence-electron chi connectivity index (χ4n) is 1.48. The quantitative estimate of drug-likeness (QED) is 0.456. The summed E-state index contributed by atoms with van der Waals surface area (Å²) in [6.07, 6.45) is 2.45. The molecule has 1 aromatic carbocycles. The van der Waals surface area contributed by atoms with Crippen LogP contribution in [0.4, 0.5) is 0 Å². The fourth-order valence-corrected chi connectivity index (χ4v) is 1.48. The topological polar surface area (TPSA) is 79.3 Å². The molecule has 0 saturated heterocycles. The third-order valence-electron chi connectivity index (χ3n) is 2.50. The molecule has 0 aliphatic carbocycles. The van der Waals surface area contributed by atoms with E-state index in [1.54, 1.807) is 12.1 Å². The predicted molar refractivity (Wildman–Crippen MR) is 63.3 cm³/mol. The van der Waals surface area contributed by atoms with Gasteiger partial charge >= 0.3 is 5.97 Å². The van der Waals surface area contributed by atoms with Crippen molar-refractivity contribution in [3.63, 3.8) is 0 Å². The molecular formula is C13H12N2O4. The van der Waals surface area contributed by atoms with E-state index in [1.807, 2.05) is 19.1 Å². The van der Waals surface area contributed by atoms with Gasteiger partial charge in [0.25, 0.3) is 5.69 Å². The molecule has 0 aliphatic rings. The number of hydrogen-bond donors (Lipinski definition) is 0. The minimum atomic E-state index is -0.624. The zero-order chi connectivity index (χ0) is 13.8. The Morgan fingerprint density at radius 2 is 2.11 bits per heavy atom. The molecule has 2 rings (SSSR count). The zero-order valence-electron chi connectivity index (χ0n) is 10.5. The van der Waals surface area contributed by atoms with Gasteiger partial charge in [0, 0.05) is 24.3 Å². The van der Waals surface area contributed by atoms with Crippen molar-refractivity contribution in [1.82, 2.24) is 5.27 Å². The van der Waals surface area contributed by atoms with Crippen LogP contribution in [0.3, 0.4) is 0 Å². The van der Waals surface area contributed by atoms with Crippen LogP contribution in [0.25, 0.3) is 11.8 Å². The van der Waals surface area contributed by atoms with Crippen molar-refractivity contribution >= 4 is 12.0 Å². The van der Waals surface area contributed by atoms with E-state index in [0.717, 1.165) is 11.6 Å². The second-order valence-electron chi connectivity index (χ2n) is 3.85. The SMILES string of the molecule is COC(=O)/C=C/c1c([O-])on[n+]1-c1ccc(C)cc1. The van der Waals surface area contributed by atoms with Crippen molar-refractivity contribution in [2.45, 2.75) is 6.92 Å². The van der Waals surface area contributed by atoms with Gasteiger partial charge in [0.1, 0.15) is 0 Å². The first-order valence-corrected chi connectivity index (χ1v) is 5.54. The van der Waals surface area contributed by atoms with Gasteiger partial charge in [-0.1, -0.05) is 17.7 Å². The number of carbonyl (C=O) groups excluding carboxylic acids is 1. The molecule has 1 heterocycles. The van der Waals surface area contributed by atoms with Gasteiger partial charge < -0.3 is 14.4 Å². The molecule has 0 fully saturated rings. The maximum absolute atomic E-state index is 11.5. The van der Waals surface area contributed by atoms with E-state index in [2.05, 4.69) is 14.5 Å². The molecule has 0 atom stereocenters. The van der Waals surface area contributed by atoms with Crippen molar-refractivity contribution in [2.75, 3.05) is 7.11 Å². The van der Waals surface area contributed by atoms with Gasteiger partial charge in [0.2, 0.25) is 5.69 Å². The van der Waals surface area contributed by atoms with Gasteiger partial charge in [0.05, 0.1) is 12.4 Å². The minimum absolute atomic E-state index is 0.147. The molecule has 98 valence electrons. The average molecular weight is 260 g/mol. The first-order valence-electron chi connectivity index (χ1n) is 5.54. The highest BCUT2D eigenvalue weighted by Crippen LogP contribution is 2.12. The number of aryl methyl sites for hydroxylation is 1. The molecule has 0 spiro atoms. The number of esters is 1. The van der Waals surface area contributed by atoms with Crippen LogP contribution in [0.2, 0.25) is 0 Å². The van der Waals surface area contributed by atoms with Crippen LogP contribution in [-0.2, 0) is 9.53 Å². The van der Waals surface area contributed by atoms with Crippen LogP contribution < -0.4 is 9.79 Å². The molecule has 0 unspecified atom stereocenters. The third kappa shape index (κ3) is 2.79. The number of rotatable bonds is 3. The number of hydrogen-bond acceptors (Lipinski definition) is 5. The highest BCUT2D eigenvalue weighted by Gasteiger charge is 2.17. The smallest absolute Gasteiger partial charge is 0.330 e. The van der Waals surface area contributed by atoms with Crippen LogP contribution >= 0.6 is 0 Å². The standard InChI is InChI=1S/C13H12N2O4/c1-9-3-5-10(6-4-9)15-11(13(17)19-14-15)7-8-12(16)18-2/h3-8H,1-2H3. The van der Waals surface area contributed by atoms with Crippen LogP contribution in [0.15, 0.2) is 34.9 Å². The first kappa shape index (κ1) is 12.8. The Balaban J connectivity index is 2.40.